The summed E-state index contributed by atoms with van der Waals surface area (Å²) >= 11 is 1.51. The number of para-hydroxylation sites is 1. The Morgan fingerprint density at radius 3 is 2.65 bits per heavy atom. The topological polar surface area (TPSA) is 69.6 Å². The summed E-state index contributed by atoms with van der Waals surface area (Å²) in [5.41, 5.74) is 4.36. The second kappa shape index (κ2) is 7.13. The summed E-state index contributed by atoms with van der Waals surface area (Å²) in [5, 5.41) is 13.1. The molecule has 26 heavy (non-hydrogen) atoms. The van der Waals surface area contributed by atoms with Crippen molar-refractivity contribution in [1.82, 2.24) is 24.9 Å². The number of hydrogen-bond donors (Lipinski definition) is 0. The molecule has 0 saturated heterocycles. The van der Waals surface area contributed by atoms with Gasteiger partial charge in [0, 0.05) is 5.56 Å². The Morgan fingerprint density at radius 2 is 1.85 bits per heavy atom. The highest BCUT2D eigenvalue weighted by Gasteiger charge is 2.13. The van der Waals surface area contributed by atoms with Crippen molar-refractivity contribution in [2.45, 2.75) is 24.8 Å². The Kier molecular flexibility index (Phi) is 4.53. The molecule has 4 rings (SSSR count). The second-order valence-electron chi connectivity index (χ2n) is 5.94. The molecule has 0 N–H and O–H groups in total. The van der Waals surface area contributed by atoms with Crippen LogP contribution in [0, 0.1) is 13.8 Å². The first-order valence-electron chi connectivity index (χ1n) is 8.19. The van der Waals surface area contributed by atoms with Crippen LogP contribution < -0.4 is 0 Å². The zero-order valence-electron chi connectivity index (χ0n) is 14.5. The highest BCUT2D eigenvalue weighted by atomic mass is 32.2. The summed E-state index contributed by atoms with van der Waals surface area (Å²) in [7, 11) is 0. The molecule has 130 valence electrons. The van der Waals surface area contributed by atoms with Crippen molar-refractivity contribution in [2.75, 3.05) is 0 Å². The predicted molar refractivity (Wildman–Crippen MR) is 100 cm³/mol. The molecule has 0 amide bonds. The van der Waals surface area contributed by atoms with Gasteiger partial charge in [-0.15, -0.1) is 10.2 Å². The minimum atomic E-state index is 0.531. The molecule has 0 aliphatic rings. The summed E-state index contributed by atoms with van der Waals surface area (Å²) in [5.74, 6) is 1.69. The molecule has 2 aromatic carbocycles. The molecule has 0 atom stereocenters. The molecule has 2 heterocycles. The molecule has 0 aliphatic heterocycles. The lowest BCUT2D eigenvalue weighted by atomic mass is 10.1. The van der Waals surface area contributed by atoms with Crippen LogP contribution in [0.1, 0.15) is 17.0 Å². The van der Waals surface area contributed by atoms with E-state index in [1.54, 1.807) is 6.33 Å². The van der Waals surface area contributed by atoms with Crippen LogP contribution in [0.15, 0.2) is 64.5 Å². The number of thioether (sulfide) groups is 1. The van der Waals surface area contributed by atoms with Gasteiger partial charge in [-0.3, -0.25) is 4.57 Å². The maximum Gasteiger partial charge on any atom is 0.237 e. The van der Waals surface area contributed by atoms with Gasteiger partial charge in [0.25, 0.3) is 0 Å². The fraction of sp³-hybridized carbons (Fsp3) is 0.158. The Labute approximate surface area is 155 Å². The van der Waals surface area contributed by atoms with Crippen LogP contribution in [-0.2, 0) is 5.75 Å². The summed E-state index contributed by atoms with van der Waals surface area (Å²) < 4.78 is 7.35. The van der Waals surface area contributed by atoms with E-state index in [0.29, 0.717) is 17.5 Å². The fourth-order valence-corrected chi connectivity index (χ4v) is 3.34. The van der Waals surface area contributed by atoms with Crippen molar-refractivity contribution in [3.63, 3.8) is 0 Å². The third-order valence-corrected chi connectivity index (χ3v) is 4.92. The van der Waals surface area contributed by atoms with Crippen molar-refractivity contribution in [2.24, 2.45) is 0 Å². The number of aromatic nitrogens is 5. The SMILES string of the molecule is Cc1ccc(-c2noc(CSc3nncn3-c3ccccc3C)n2)cc1. The molecule has 0 fully saturated rings. The third-order valence-electron chi connectivity index (χ3n) is 3.99. The van der Waals surface area contributed by atoms with Gasteiger partial charge in [-0.2, -0.15) is 4.98 Å². The van der Waals surface area contributed by atoms with Crippen molar-refractivity contribution < 1.29 is 4.52 Å². The highest BCUT2D eigenvalue weighted by Crippen LogP contribution is 2.25. The molecule has 0 aliphatic carbocycles. The molecule has 0 radical (unpaired) electrons. The minimum Gasteiger partial charge on any atom is -0.338 e. The Hall–Kier alpha value is -2.93. The summed E-state index contributed by atoms with van der Waals surface area (Å²) in [6, 6.07) is 16.2. The molecule has 4 aromatic rings. The fourth-order valence-electron chi connectivity index (χ4n) is 2.58. The van der Waals surface area contributed by atoms with E-state index >= 15 is 0 Å². The first-order chi connectivity index (χ1) is 12.7. The van der Waals surface area contributed by atoms with E-state index in [2.05, 4.69) is 33.3 Å². The molecule has 0 bridgehead atoms. The van der Waals surface area contributed by atoms with Crippen molar-refractivity contribution in [3.8, 4) is 17.1 Å². The number of benzene rings is 2. The highest BCUT2D eigenvalue weighted by molar-refractivity contribution is 7.98. The average Bonchev–Trinajstić information content (AvgIpc) is 3.30. The van der Waals surface area contributed by atoms with Crippen LogP contribution in [0.4, 0.5) is 0 Å². The third kappa shape index (κ3) is 3.39. The van der Waals surface area contributed by atoms with Crippen molar-refractivity contribution >= 4 is 11.8 Å². The lowest BCUT2D eigenvalue weighted by molar-refractivity contribution is 0.391. The average molecular weight is 363 g/mol. The van der Waals surface area contributed by atoms with E-state index in [1.165, 1.54) is 17.3 Å². The van der Waals surface area contributed by atoms with E-state index in [9.17, 15) is 0 Å². The quantitative estimate of drug-likeness (QED) is 0.494. The van der Waals surface area contributed by atoms with Crippen LogP contribution in [0.3, 0.4) is 0 Å². The molecule has 2 aromatic heterocycles. The maximum absolute atomic E-state index is 5.38. The lowest BCUT2D eigenvalue weighted by Gasteiger charge is -2.08. The van der Waals surface area contributed by atoms with E-state index in [1.807, 2.05) is 54.0 Å². The zero-order chi connectivity index (χ0) is 17.9. The van der Waals surface area contributed by atoms with Gasteiger partial charge < -0.3 is 4.52 Å². The Bertz CT molecular complexity index is 1020. The van der Waals surface area contributed by atoms with Crippen LogP contribution in [-0.4, -0.2) is 24.9 Å². The Balaban J connectivity index is 1.50. The molecule has 7 heteroatoms. The van der Waals surface area contributed by atoms with Gasteiger partial charge in [0.05, 0.1) is 11.4 Å². The van der Waals surface area contributed by atoms with Crippen LogP contribution in [0.5, 0.6) is 0 Å². The van der Waals surface area contributed by atoms with Crippen LogP contribution >= 0.6 is 11.8 Å². The first kappa shape index (κ1) is 16.5. The van der Waals surface area contributed by atoms with Crippen LogP contribution in [0.25, 0.3) is 17.1 Å². The first-order valence-corrected chi connectivity index (χ1v) is 9.18. The van der Waals surface area contributed by atoms with Gasteiger partial charge in [0.1, 0.15) is 6.33 Å². The van der Waals surface area contributed by atoms with E-state index in [4.69, 9.17) is 4.52 Å². The molecule has 0 unspecified atom stereocenters. The van der Waals surface area contributed by atoms with Gasteiger partial charge in [-0.25, -0.2) is 0 Å². The Morgan fingerprint density at radius 1 is 1.04 bits per heavy atom. The van der Waals surface area contributed by atoms with E-state index < -0.39 is 0 Å². The summed E-state index contributed by atoms with van der Waals surface area (Å²) in [6.07, 6.45) is 1.72. The van der Waals surface area contributed by atoms with Gasteiger partial charge in [-0.1, -0.05) is 64.9 Å². The van der Waals surface area contributed by atoms with Crippen LogP contribution in [0.2, 0.25) is 0 Å². The van der Waals surface area contributed by atoms with Gasteiger partial charge in [0.2, 0.25) is 11.7 Å². The smallest absolute Gasteiger partial charge is 0.237 e. The van der Waals surface area contributed by atoms with Gasteiger partial charge in [-0.05, 0) is 25.5 Å². The summed E-state index contributed by atoms with van der Waals surface area (Å²) in [6.45, 7) is 4.11. The lowest BCUT2D eigenvalue weighted by Crippen LogP contribution is -1.97. The van der Waals surface area contributed by atoms with Gasteiger partial charge >= 0.3 is 0 Å². The zero-order valence-corrected chi connectivity index (χ0v) is 15.3. The van der Waals surface area contributed by atoms with E-state index in [0.717, 1.165) is 22.0 Å². The number of nitrogens with zero attached hydrogens (tertiary/aromatic N) is 5. The maximum atomic E-state index is 5.38. The standard InChI is InChI=1S/C19H17N5OS/c1-13-7-9-15(10-8-13)18-21-17(25-23-18)11-26-19-22-20-12-24(19)16-6-4-3-5-14(16)2/h3-10,12H,11H2,1-2H3. The summed E-state index contributed by atoms with van der Waals surface area (Å²) in [4.78, 5) is 4.47. The molecule has 6 nitrogen and oxygen atoms in total. The predicted octanol–water partition coefficient (Wildman–Crippen LogP) is 4.23. The largest absolute Gasteiger partial charge is 0.338 e. The molecular formula is C19H17N5OS. The molecular weight excluding hydrogens is 346 g/mol. The number of rotatable bonds is 5. The number of hydrogen-bond acceptors (Lipinski definition) is 6. The molecule has 0 saturated carbocycles. The van der Waals surface area contributed by atoms with Crippen molar-refractivity contribution in [3.05, 3.63) is 71.9 Å². The minimum absolute atomic E-state index is 0.531. The van der Waals surface area contributed by atoms with Crippen molar-refractivity contribution in [1.29, 1.82) is 0 Å². The normalized spacial score (nSPS) is 11.0. The number of aryl methyl sites for hydroxylation is 2. The van der Waals surface area contributed by atoms with Gasteiger partial charge in [0.15, 0.2) is 5.16 Å². The van der Waals surface area contributed by atoms with E-state index in [-0.39, 0.29) is 0 Å². The molecule has 0 spiro atoms. The second-order valence-corrected chi connectivity index (χ2v) is 6.88. The monoisotopic (exact) mass is 363 g/mol.